The van der Waals surface area contributed by atoms with Crippen LogP contribution in [0.5, 0.6) is 0 Å². The first kappa shape index (κ1) is 13.3. The van der Waals surface area contributed by atoms with E-state index in [1.54, 1.807) is 29.4 Å². The van der Waals surface area contributed by atoms with Crippen molar-refractivity contribution < 1.29 is 14.7 Å². The van der Waals surface area contributed by atoms with Crippen molar-refractivity contribution in [2.45, 2.75) is 6.92 Å². The van der Waals surface area contributed by atoms with Gasteiger partial charge in [0.05, 0.1) is 5.92 Å². The predicted molar refractivity (Wildman–Crippen MR) is 70.1 cm³/mol. The number of amides is 1. The van der Waals surface area contributed by atoms with Crippen molar-refractivity contribution >= 4 is 18.0 Å². The predicted octanol–water partition coefficient (Wildman–Crippen LogP) is 1.27. The van der Waals surface area contributed by atoms with Crippen LogP contribution in [0.15, 0.2) is 30.6 Å². The van der Waals surface area contributed by atoms with Crippen molar-refractivity contribution in [2.24, 2.45) is 11.8 Å². The van der Waals surface area contributed by atoms with Gasteiger partial charge in [0.1, 0.15) is 0 Å². The van der Waals surface area contributed by atoms with E-state index in [4.69, 9.17) is 5.11 Å². The van der Waals surface area contributed by atoms with Gasteiger partial charge >= 0.3 is 5.97 Å². The highest BCUT2D eigenvalue weighted by atomic mass is 16.4. The minimum Gasteiger partial charge on any atom is -0.481 e. The fraction of sp³-hybridized carbons (Fsp3) is 0.357. The number of aromatic nitrogens is 1. The molecule has 1 aromatic rings. The summed E-state index contributed by atoms with van der Waals surface area (Å²) >= 11 is 0. The summed E-state index contributed by atoms with van der Waals surface area (Å²) < 4.78 is 0. The van der Waals surface area contributed by atoms with E-state index >= 15 is 0 Å². The average molecular weight is 260 g/mol. The van der Waals surface area contributed by atoms with E-state index in [0.717, 1.165) is 5.56 Å². The zero-order valence-corrected chi connectivity index (χ0v) is 10.7. The Morgan fingerprint density at radius 1 is 1.47 bits per heavy atom. The number of aliphatic carboxylic acids is 1. The number of carboxylic acid groups (broad SMARTS) is 1. The summed E-state index contributed by atoms with van der Waals surface area (Å²) in [5.74, 6) is -1.46. The first-order valence-electron chi connectivity index (χ1n) is 6.17. The second-order valence-corrected chi connectivity index (χ2v) is 4.78. The largest absolute Gasteiger partial charge is 0.481 e. The Labute approximate surface area is 111 Å². The molecule has 0 saturated carbocycles. The lowest BCUT2D eigenvalue weighted by atomic mass is 9.99. The van der Waals surface area contributed by atoms with E-state index in [0.29, 0.717) is 6.54 Å². The molecule has 1 saturated heterocycles. The molecular weight excluding hydrogens is 244 g/mol. The fourth-order valence-corrected chi connectivity index (χ4v) is 2.22. The topological polar surface area (TPSA) is 70.5 Å². The monoisotopic (exact) mass is 260 g/mol. The van der Waals surface area contributed by atoms with E-state index < -0.39 is 11.9 Å². The van der Waals surface area contributed by atoms with Gasteiger partial charge in [-0.1, -0.05) is 13.0 Å². The molecule has 0 aliphatic carbocycles. The van der Waals surface area contributed by atoms with Crippen molar-refractivity contribution in [2.75, 3.05) is 13.1 Å². The first-order valence-corrected chi connectivity index (χ1v) is 6.17. The number of hydrogen-bond donors (Lipinski definition) is 1. The Balaban J connectivity index is 1.98. The molecule has 2 atom stereocenters. The van der Waals surface area contributed by atoms with Gasteiger partial charge < -0.3 is 10.0 Å². The quantitative estimate of drug-likeness (QED) is 0.831. The summed E-state index contributed by atoms with van der Waals surface area (Å²) in [6.07, 6.45) is 6.48. The number of carboxylic acids is 1. The lowest BCUT2D eigenvalue weighted by molar-refractivity contribution is -0.142. The van der Waals surface area contributed by atoms with Crippen molar-refractivity contribution in [3.63, 3.8) is 0 Å². The molecule has 2 heterocycles. The number of hydrogen-bond acceptors (Lipinski definition) is 3. The lowest BCUT2D eigenvalue weighted by Gasteiger charge is -2.12. The second-order valence-electron chi connectivity index (χ2n) is 4.78. The van der Waals surface area contributed by atoms with Crippen molar-refractivity contribution in [1.29, 1.82) is 0 Å². The highest BCUT2D eigenvalue weighted by Crippen LogP contribution is 2.23. The highest BCUT2D eigenvalue weighted by molar-refractivity contribution is 5.92. The maximum atomic E-state index is 12.0. The third-order valence-corrected chi connectivity index (χ3v) is 3.34. The Morgan fingerprint density at radius 2 is 2.26 bits per heavy atom. The standard InChI is InChI=1S/C14H16N2O3/c1-10-8-16(9-12(10)14(18)19)13(17)5-4-11-3-2-6-15-7-11/h2-7,10,12H,8-9H2,1H3,(H,18,19)/b5-4+. The number of nitrogens with zero attached hydrogens (tertiary/aromatic N) is 2. The molecule has 19 heavy (non-hydrogen) atoms. The van der Waals surface area contributed by atoms with E-state index in [1.165, 1.54) is 6.08 Å². The molecule has 0 spiro atoms. The zero-order valence-electron chi connectivity index (χ0n) is 10.7. The van der Waals surface area contributed by atoms with Crippen LogP contribution in [-0.2, 0) is 9.59 Å². The zero-order chi connectivity index (χ0) is 13.8. The molecule has 5 heteroatoms. The van der Waals surface area contributed by atoms with Gasteiger partial charge in [-0.25, -0.2) is 0 Å². The summed E-state index contributed by atoms with van der Waals surface area (Å²) in [4.78, 5) is 28.5. The number of rotatable bonds is 3. The molecule has 100 valence electrons. The van der Waals surface area contributed by atoms with Crippen molar-refractivity contribution in [1.82, 2.24) is 9.88 Å². The summed E-state index contributed by atoms with van der Waals surface area (Å²) in [7, 11) is 0. The summed E-state index contributed by atoms with van der Waals surface area (Å²) in [5, 5.41) is 9.03. The van der Waals surface area contributed by atoms with E-state index in [-0.39, 0.29) is 18.4 Å². The van der Waals surface area contributed by atoms with Gasteiger partial charge in [-0.2, -0.15) is 0 Å². The molecule has 1 amide bonds. The van der Waals surface area contributed by atoms with Crippen LogP contribution in [0, 0.1) is 11.8 Å². The Hall–Kier alpha value is -2.17. The highest BCUT2D eigenvalue weighted by Gasteiger charge is 2.36. The molecule has 0 aromatic carbocycles. The minimum absolute atomic E-state index is 0.00626. The molecule has 1 aromatic heterocycles. The van der Waals surface area contributed by atoms with E-state index in [9.17, 15) is 9.59 Å². The van der Waals surface area contributed by atoms with Gasteiger partial charge in [0, 0.05) is 31.6 Å². The number of carbonyl (C=O) groups excluding carboxylic acids is 1. The second kappa shape index (κ2) is 5.65. The van der Waals surface area contributed by atoms with Gasteiger partial charge in [0.25, 0.3) is 0 Å². The van der Waals surface area contributed by atoms with Crippen LogP contribution in [0.25, 0.3) is 6.08 Å². The normalized spacial score (nSPS) is 22.9. The summed E-state index contributed by atoms with van der Waals surface area (Å²) in [5.41, 5.74) is 0.845. The molecular formula is C14H16N2O3. The lowest BCUT2D eigenvalue weighted by Crippen LogP contribution is -2.28. The molecule has 0 bridgehead atoms. The smallest absolute Gasteiger partial charge is 0.308 e. The molecule has 1 fully saturated rings. The van der Waals surface area contributed by atoms with Crippen LogP contribution < -0.4 is 0 Å². The first-order chi connectivity index (χ1) is 9.08. The maximum Gasteiger partial charge on any atom is 0.308 e. The van der Waals surface area contributed by atoms with Gasteiger partial charge in [0.2, 0.25) is 5.91 Å². The van der Waals surface area contributed by atoms with Crippen LogP contribution in [0.4, 0.5) is 0 Å². The van der Waals surface area contributed by atoms with Crippen LogP contribution in [0.2, 0.25) is 0 Å². The average Bonchev–Trinajstić information content (AvgIpc) is 2.79. The van der Waals surface area contributed by atoms with E-state index in [1.807, 2.05) is 13.0 Å². The molecule has 5 nitrogen and oxygen atoms in total. The Morgan fingerprint density at radius 3 is 2.84 bits per heavy atom. The molecule has 2 rings (SSSR count). The van der Waals surface area contributed by atoms with E-state index in [2.05, 4.69) is 4.98 Å². The van der Waals surface area contributed by atoms with Gasteiger partial charge in [0.15, 0.2) is 0 Å². The maximum absolute atomic E-state index is 12.0. The van der Waals surface area contributed by atoms with Gasteiger partial charge in [-0.15, -0.1) is 0 Å². The Kier molecular flexibility index (Phi) is 3.94. The van der Waals surface area contributed by atoms with Gasteiger partial charge in [-0.3, -0.25) is 14.6 Å². The van der Waals surface area contributed by atoms with Crippen LogP contribution in [0.1, 0.15) is 12.5 Å². The Bertz CT molecular complexity index is 499. The van der Waals surface area contributed by atoms with Crippen LogP contribution in [-0.4, -0.2) is 40.0 Å². The van der Waals surface area contributed by atoms with Crippen LogP contribution in [0.3, 0.4) is 0 Å². The number of pyridine rings is 1. The third-order valence-electron chi connectivity index (χ3n) is 3.34. The number of likely N-dealkylation sites (tertiary alicyclic amines) is 1. The van der Waals surface area contributed by atoms with Crippen molar-refractivity contribution in [3.8, 4) is 0 Å². The summed E-state index contributed by atoms with van der Waals surface area (Å²) in [6.45, 7) is 2.64. The minimum atomic E-state index is -0.834. The fourth-order valence-electron chi connectivity index (χ4n) is 2.22. The molecule has 0 radical (unpaired) electrons. The molecule has 1 aliphatic heterocycles. The summed E-state index contributed by atoms with van der Waals surface area (Å²) in [6, 6.07) is 3.64. The number of carbonyl (C=O) groups is 2. The third kappa shape index (κ3) is 3.19. The molecule has 1 N–H and O–H groups in total. The molecule has 2 unspecified atom stereocenters. The molecule has 1 aliphatic rings. The van der Waals surface area contributed by atoms with Crippen LogP contribution >= 0.6 is 0 Å². The SMILES string of the molecule is CC1CN(C(=O)/C=C/c2cccnc2)CC1C(=O)O. The van der Waals surface area contributed by atoms with Gasteiger partial charge in [-0.05, 0) is 23.6 Å². The van der Waals surface area contributed by atoms with Crippen molar-refractivity contribution in [3.05, 3.63) is 36.2 Å².